The van der Waals surface area contributed by atoms with E-state index in [9.17, 15) is 4.91 Å². The number of benzene rings is 1. The van der Waals surface area contributed by atoms with Crippen LogP contribution in [0, 0.1) is 4.91 Å². The van der Waals surface area contributed by atoms with Gasteiger partial charge in [-0.15, -0.1) is 10.0 Å². The van der Waals surface area contributed by atoms with Gasteiger partial charge in [-0.25, -0.2) is 4.52 Å². The largest absolute Gasteiger partial charge is 0.457 e. The van der Waals surface area contributed by atoms with Crippen LogP contribution in [-0.2, 0) is 0 Å². The first kappa shape index (κ1) is 11.1. The SMILES string of the molecule is Nc1nc2cc(Oc3cccc(N=O)c3)ccn2n1. The van der Waals surface area contributed by atoms with E-state index in [0.29, 0.717) is 22.8 Å². The van der Waals surface area contributed by atoms with Gasteiger partial charge in [0.05, 0.1) is 0 Å². The zero-order valence-electron chi connectivity index (χ0n) is 9.72. The van der Waals surface area contributed by atoms with Crippen molar-refractivity contribution in [3.8, 4) is 11.5 Å². The third-order valence-electron chi connectivity index (χ3n) is 2.48. The second-order valence-corrected chi connectivity index (χ2v) is 3.83. The van der Waals surface area contributed by atoms with Crippen molar-refractivity contribution in [3.05, 3.63) is 47.5 Å². The van der Waals surface area contributed by atoms with Gasteiger partial charge >= 0.3 is 0 Å². The van der Waals surface area contributed by atoms with Crippen LogP contribution in [0.3, 0.4) is 0 Å². The molecule has 0 aliphatic carbocycles. The van der Waals surface area contributed by atoms with Gasteiger partial charge in [-0.1, -0.05) is 6.07 Å². The van der Waals surface area contributed by atoms with Crippen molar-refractivity contribution in [2.24, 2.45) is 5.18 Å². The van der Waals surface area contributed by atoms with Crippen LogP contribution in [0.2, 0.25) is 0 Å². The Morgan fingerprint density at radius 3 is 2.89 bits per heavy atom. The molecule has 2 heterocycles. The second-order valence-electron chi connectivity index (χ2n) is 3.83. The molecule has 0 spiro atoms. The number of nitrogens with two attached hydrogens (primary N) is 1. The summed E-state index contributed by atoms with van der Waals surface area (Å²) < 4.78 is 7.16. The molecule has 94 valence electrons. The number of aromatic nitrogens is 3. The van der Waals surface area contributed by atoms with Gasteiger partial charge < -0.3 is 10.5 Å². The molecule has 0 atom stereocenters. The highest BCUT2D eigenvalue weighted by molar-refractivity contribution is 5.49. The quantitative estimate of drug-likeness (QED) is 0.725. The Morgan fingerprint density at radius 2 is 2.05 bits per heavy atom. The monoisotopic (exact) mass is 255 g/mol. The maximum Gasteiger partial charge on any atom is 0.240 e. The summed E-state index contributed by atoms with van der Waals surface area (Å²) in [7, 11) is 0. The zero-order chi connectivity index (χ0) is 13.2. The lowest BCUT2D eigenvalue weighted by Gasteiger charge is -2.05. The first-order valence-electron chi connectivity index (χ1n) is 5.48. The maximum atomic E-state index is 10.4. The molecule has 2 N–H and O–H groups in total. The van der Waals surface area contributed by atoms with E-state index in [1.165, 1.54) is 0 Å². The molecule has 0 saturated heterocycles. The topological polar surface area (TPSA) is 94.9 Å². The van der Waals surface area contributed by atoms with E-state index in [2.05, 4.69) is 15.3 Å². The van der Waals surface area contributed by atoms with Gasteiger partial charge in [-0.3, -0.25) is 0 Å². The summed E-state index contributed by atoms with van der Waals surface area (Å²) in [6, 6.07) is 10.0. The molecule has 7 nitrogen and oxygen atoms in total. The zero-order valence-corrected chi connectivity index (χ0v) is 9.72. The third-order valence-corrected chi connectivity index (χ3v) is 2.48. The lowest BCUT2D eigenvalue weighted by molar-refractivity contribution is 0.482. The van der Waals surface area contributed by atoms with Crippen molar-refractivity contribution in [3.63, 3.8) is 0 Å². The van der Waals surface area contributed by atoms with E-state index in [-0.39, 0.29) is 5.95 Å². The number of pyridine rings is 1. The average Bonchev–Trinajstić information content (AvgIpc) is 2.78. The highest BCUT2D eigenvalue weighted by atomic mass is 16.5. The Hall–Kier alpha value is -2.96. The fourth-order valence-corrected chi connectivity index (χ4v) is 1.68. The number of hydrogen-bond donors (Lipinski definition) is 1. The highest BCUT2D eigenvalue weighted by Gasteiger charge is 2.04. The third kappa shape index (κ3) is 2.21. The Morgan fingerprint density at radius 1 is 1.21 bits per heavy atom. The van der Waals surface area contributed by atoms with Gasteiger partial charge in [0.2, 0.25) is 5.95 Å². The molecule has 0 aliphatic rings. The first-order valence-corrected chi connectivity index (χ1v) is 5.48. The molecule has 3 rings (SSSR count). The van der Waals surface area contributed by atoms with Gasteiger partial charge in [-0.2, -0.15) is 4.98 Å². The molecule has 1 aromatic carbocycles. The fraction of sp³-hybridized carbons (Fsp3) is 0. The maximum absolute atomic E-state index is 10.4. The van der Waals surface area contributed by atoms with E-state index in [4.69, 9.17) is 10.5 Å². The number of nitrogen functional groups attached to an aromatic ring is 1. The molecule has 2 aromatic heterocycles. The molecule has 0 aliphatic heterocycles. The molecular formula is C12H9N5O2. The molecular weight excluding hydrogens is 246 g/mol. The predicted octanol–water partition coefficient (Wildman–Crippen LogP) is 2.50. The summed E-state index contributed by atoms with van der Waals surface area (Å²) >= 11 is 0. The number of anilines is 1. The summed E-state index contributed by atoms with van der Waals surface area (Å²) in [4.78, 5) is 14.5. The minimum atomic E-state index is 0.198. The predicted molar refractivity (Wildman–Crippen MR) is 69.4 cm³/mol. The Bertz CT molecular complexity index is 753. The average molecular weight is 255 g/mol. The number of rotatable bonds is 3. The van der Waals surface area contributed by atoms with Crippen LogP contribution in [0.25, 0.3) is 5.65 Å². The normalized spacial score (nSPS) is 10.5. The minimum Gasteiger partial charge on any atom is -0.457 e. The van der Waals surface area contributed by atoms with Crippen molar-refractivity contribution in [1.82, 2.24) is 14.6 Å². The van der Waals surface area contributed by atoms with Crippen LogP contribution >= 0.6 is 0 Å². The van der Waals surface area contributed by atoms with Crippen molar-refractivity contribution >= 4 is 17.3 Å². The molecule has 19 heavy (non-hydrogen) atoms. The molecule has 7 heteroatoms. The van der Waals surface area contributed by atoms with Crippen LogP contribution in [-0.4, -0.2) is 14.6 Å². The van der Waals surface area contributed by atoms with Gasteiger partial charge in [-0.05, 0) is 23.4 Å². The molecule has 0 saturated carbocycles. The standard InChI is InChI=1S/C12H9N5O2/c13-12-14-11-7-10(4-5-17(11)15-12)19-9-3-1-2-8(6-9)16-18/h1-7H,(H2,13,15). The van der Waals surface area contributed by atoms with Crippen molar-refractivity contribution in [2.45, 2.75) is 0 Å². The molecule has 0 amide bonds. The van der Waals surface area contributed by atoms with E-state index < -0.39 is 0 Å². The second kappa shape index (κ2) is 4.37. The van der Waals surface area contributed by atoms with Crippen molar-refractivity contribution in [2.75, 3.05) is 5.73 Å². The van der Waals surface area contributed by atoms with E-state index in [1.54, 1.807) is 47.1 Å². The summed E-state index contributed by atoms with van der Waals surface area (Å²) in [5.41, 5.74) is 6.39. The highest BCUT2D eigenvalue weighted by Crippen LogP contribution is 2.25. The lowest BCUT2D eigenvalue weighted by Crippen LogP contribution is -1.90. The number of nitrogens with zero attached hydrogens (tertiary/aromatic N) is 4. The summed E-state index contributed by atoms with van der Waals surface area (Å²) in [6.45, 7) is 0. The summed E-state index contributed by atoms with van der Waals surface area (Å²) in [5, 5.41) is 6.81. The minimum absolute atomic E-state index is 0.198. The molecule has 0 radical (unpaired) electrons. The molecule has 0 unspecified atom stereocenters. The molecule has 0 fully saturated rings. The molecule has 0 bridgehead atoms. The van der Waals surface area contributed by atoms with Gasteiger partial charge in [0.15, 0.2) is 5.65 Å². The van der Waals surface area contributed by atoms with Gasteiger partial charge in [0, 0.05) is 18.3 Å². The van der Waals surface area contributed by atoms with Crippen molar-refractivity contribution in [1.29, 1.82) is 0 Å². The smallest absolute Gasteiger partial charge is 0.240 e. The Kier molecular flexibility index (Phi) is 2.57. The number of hydrogen-bond acceptors (Lipinski definition) is 6. The van der Waals surface area contributed by atoms with Crippen molar-refractivity contribution < 1.29 is 4.74 Å². The fourth-order valence-electron chi connectivity index (χ4n) is 1.68. The summed E-state index contributed by atoms with van der Waals surface area (Å²) in [6.07, 6.45) is 1.69. The van der Waals surface area contributed by atoms with Crippen LogP contribution in [0.4, 0.5) is 11.6 Å². The van der Waals surface area contributed by atoms with E-state index in [1.807, 2.05) is 0 Å². The number of nitroso groups, excluding NO2 is 1. The van der Waals surface area contributed by atoms with E-state index in [0.717, 1.165) is 0 Å². The molecule has 3 aromatic rings. The number of fused-ring (bicyclic) bond motifs is 1. The van der Waals surface area contributed by atoms with Crippen LogP contribution in [0.15, 0.2) is 47.8 Å². The van der Waals surface area contributed by atoms with Crippen LogP contribution in [0.5, 0.6) is 11.5 Å². The van der Waals surface area contributed by atoms with Crippen LogP contribution < -0.4 is 10.5 Å². The summed E-state index contributed by atoms with van der Waals surface area (Å²) in [5.74, 6) is 1.29. The Labute approximate surface area is 107 Å². The number of ether oxygens (including phenoxy) is 1. The Balaban J connectivity index is 1.93. The van der Waals surface area contributed by atoms with Crippen LogP contribution in [0.1, 0.15) is 0 Å². The first-order chi connectivity index (χ1) is 9.24. The van der Waals surface area contributed by atoms with Gasteiger partial charge in [0.1, 0.15) is 17.2 Å². The lowest BCUT2D eigenvalue weighted by atomic mass is 10.3. The van der Waals surface area contributed by atoms with Gasteiger partial charge in [0.25, 0.3) is 0 Å². The van der Waals surface area contributed by atoms with E-state index >= 15 is 0 Å².